The molecule has 1 unspecified atom stereocenters. The predicted octanol–water partition coefficient (Wildman–Crippen LogP) is 4.67. The standard InChI is InChI=1S/C27H22F6N2O5S/c1-41(39,40)20-11-12-21-17(14-20)15-35(22(36)13-16-5-3-2-4-6-16)23(21)24(37)34-19-9-7-18(8-10-19)25(38,26(28,29)30)27(31,32)33/h2-12,14,23,38H,13,15H2,1H3,(H,34,37). The van der Waals surface area contributed by atoms with Gasteiger partial charge in [0.1, 0.15) is 6.04 Å². The number of nitrogens with one attached hydrogen (secondary N) is 1. The van der Waals surface area contributed by atoms with Crippen molar-refractivity contribution in [1.29, 1.82) is 0 Å². The summed E-state index contributed by atoms with van der Waals surface area (Å²) in [4.78, 5) is 27.8. The predicted molar refractivity (Wildman–Crippen MR) is 134 cm³/mol. The van der Waals surface area contributed by atoms with Crippen LogP contribution in [0.2, 0.25) is 0 Å². The van der Waals surface area contributed by atoms with Gasteiger partial charge in [-0.3, -0.25) is 9.59 Å². The number of alkyl halides is 6. The van der Waals surface area contributed by atoms with Gasteiger partial charge in [-0.05, 0) is 41.0 Å². The second-order valence-electron chi connectivity index (χ2n) is 9.49. The van der Waals surface area contributed by atoms with Crippen molar-refractivity contribution >= 4 is 27.3 Å². The SMILES string of the molecule is CS(=O)(=O)c1ccc2c(c1)CN(C(=O)Cc1ccccc1)C2C(=O)Nc1ccc(C(O)(C(F)(F)F)C(F)(F)F)cc1. The molecule has 0 aliphatic carbocycles. The number of carbonyl (C=O) groups is 2. The van der Waals surface area contributed by atoms with Crippen LogP contribution < -0.4 is 5.32 Å². The molecular formula is C27H22F6N2O5S. The highest BCUT2D eigenvalue weighted by atomic mass is 32.2. The largest absolute Gasteiger partial charge is 0.430 e. The third-order valence-electron chi connectivity index (χ3n) is 6.65. The van der Waals surface area contributed by atoms with Gasteiger partial charge in [-0.2, -0.15) is 26.3 Å². The molecule has 0 fully saturated rings. The maximum absolute atomic E-state index is 13.4. The van der Waals surface area contributed by atoms with E-state index in [4.69, 9.17) is 0 Å². The molecule has 0 spiro atoms. The summed E-state index contributed by atoms with van der Waals surface area (Å²) >= 11 is 0. The molecule has 1 aliphatic heterocycles. The van der Waals surface area contributed by atoms with Gasteiger partial charge in [0.25, 0.3) is 11.5 Å². The smallest absolute Gasteiger partial charge is 0.369 e. The number of hydrogen-bond donors (Lipinski definition) is 2. The van der Waals surface area contributed by atoms with Crippen LogP contribution in [0.3, 0.4) is 0 Å². The van der Waals surface area contributed by atoms with Gasteiger partial charge in [0.2, 0.25) is 5.91 Å². The highest BCUT2D eigenvalue weighted by molar-refractivity contribution is 7.90. The Morgan fingerprint density at radius 1 is 0.927 bits per heavy atom. The molecule has 1 heterocycles. The molecule has 0 bridgehead atoms. The summed E-state index contributed by atoms with van der Waals surface area (Å²) in [7, 11) is -3.62. The third kappa shape index (κ3) is 5.79. The first-order valence-corrected chi connectivity index (χ1v) is 13.8. The lowest BCUT2D eigenvalue weighted by molar-refractivity contribution is -0.376. The number of halogens is 6. The lowest BCUT2D eigenvalue weighted by Crippen LogP contribution is -2.53. The first-order chi connectivity index (χ1) is 18.9. The van der Waals surface area contributed by atoms with Crippen LogP contribution >= 0.6 is 0 Å². The lowest BCUT2D eigenvalue weighted by atomic mass is 9.92. The Labute approximate surface area is 230 Å². The molecule has 218 valence electrons. The van der Waals surface area contributed by atoms with Crippen molar-refractivity contribution in [3.05, 3.63) is 95.1 Å². The molecule has 4 rings (SSSR count). The summed E-state index contributed by atoms with van der Waals surface area (Å²) in [5.41, 5.74) is -5.52. The van der Waals surface area contributed by atoms with Crippen molar-refractivity contribution in [2.45, 2.75) is 41.9 Å². The molecule has 3 aromatic rings. The number of amides is 2. The molecule has 0 radical (unpaired) electrons. The minimum atomic E-state index is -6.08. The molecule has 3 aromatic carbocycles. The summed E-state index contributed by atoms with van der Waals surface area (Å²) in [6.07, 6.45) is -11.3. The van der Waals surface area contributed by atoms with Crippen LogP contribution in [-0.2, 0) is 38.0 Å². The molecular weight excluding hydrogens is 578 g/mol. The van der Waals surface area contributed by atoms with Crippen LogP contribution in [-0.4, -0.2) is 48.8 Å². The molecule has 0 aromatic heterocycles. The number of sulfone groups is 1. The summed E-state index contributed by atoms with van der Waals surface area (Å²) in [5, 5.41) is 12.0. The van der Waals surface area contributed by atoms with E-state index in [0.29, 0.717) is 28.8 Å². The first kappa shape index (κ1) is 30.1. The van der Waals surface area contributed by atoms with E-state index < -0.39 is 51.2 Å². The molecule has 2 amide bonds. The van der Waals surface area contributed by atoms with Gasteiger partial charge < -0.3 is 15.3 Å². The second-order valence-corrected chi connectivity index (χ2v) is 11.5. The van der Waals surface area contributed by atoms with Crippen LogP contribution in [0.5, 0.6) is 0 Å². The molecule has 0 saturated heterocycles. The van der Waals surface area contributed by atoms with Crippen LogP contribution in [0.15, 0.2) is 77.7 Å². The van der Waals surface area contributed by atoms with Gasteiger partial charge in [-0.15, -0.1) is 0 Å². The first-order valence-electron chi connectivity index (χ1n) is 11.9. The quantitative estimate of drug-likeness (QED) is 0.401. The van der Waals surface area contributed by atoms with Crippen molar-refractivity contribution in [2.24, 2.45) is 0 Å². The Morgan fingerprint density at radius 2 is 1.51 bits per heavy atom. The third-order valence-corrected chi connectivity index (χ3v) is 7.76. The summed E-state index contributed by atoms with van der Waals surface area (Å²) in [5.74, 6) is -1.32. The number of nitrogens with zero attached hydrogens (tertiary/aromatic N) is 1. The fourth-order valence-corrected chi connectivity index (χ4v) is 5.21. The van der Waals surface area contributed by atoms with E-state index in [0.717, 1.165) is 18.4 Å². The number of hydrogen-bond acceptors (Lipinski definition) is 5. The molecule has 41 heavy (non-hydrogen) atoms. The lowest BCUT2D eigenvalue weighted by Gasteiger charge is -2.32. The second kappa shape index (κ2) is 10.5. The zero-order valence-corrected chi connectivity index (χ0v) is 21.9. The van der Waals surface area contributed by atoms with Crippen LogP contribution in [0.1, 0.15) is 28.3 Å². The van der Waals surface area contributed by atoms with E-state index in [1.165, 1.54) is 23.1 Å². The van der Waals surface area contributed by atoms with E-state index in [1.54, 1.807) is 30.3 Å². The van der Waals surface area contributed by atoms with E-state index in [9.17, 15) is 49.5 Å². The minimum Gasteiger partial charge on any atom is -0.369 e. The fraction of sp³-hybridized carbons (Fsp3) is 0.259. The highest BCUT2D eigenvalue weighted by Crippen LogP contribution is 2.50. The topological polar surface area (TPSA) is 104 Å². The van der Waals surface area contributed by atoms with Crippen molar-refractivity contribution in [3.63, 3.8) is 0 Å². The molecule has 1 atom stereocenters. The number of aliphatic hydroxyl groups is 1. The molecule has 2 N–H and O–H groups in total. The molecule has 1 aliphatic rings. The van der Waals surface area contributed by atoms with Gasteiger partial charge in [-0.1, -0.05) is 48.5 Å². The Bertz CT molecular complexity index is 1560. The maximum Gasteiger partial charge on any atom is 0.430 e. The Hall–Kier alpha value is -3.91. The Kier molecular flexibility index (Phi) is 7.69. The van der Waals surface area contributed by atoms with Gasteiger partial charge in [0, 0.05) is 24.1 Å². The summed E-state index contributed by atoms with van der Waals surface area (Å²) in [6.45, 7) is -0.119. The number of anilines is 1. The van der Waals surface area contributed by atoms with Crippen LogP contribution in [0, 0.1) is 0 Å². The van der Waals surface area contributed by atoms with Gasteiger partial charge in [0.15, 0.2) is 9.84 Å². The van der Waals surface area contributed by atoms with Gasteiger partial charge in [-0.25, -0.2) is 8.42 Å². The normalized spacial score (nSPS) is 15.9. The molecule has 7 nitrogen and oxygen atoms in total. The zero-order valence-electron chi connectivity index (χ0n) is 21.1. The average molecular weight is 601 g/mol. The number of fused-ring (bicyclic) bond motifs is 1. The van der Waals surface area contributed by atoms with E-state index in [1.807, 2.05) is 0 Å². The molecule has 14 heteroatoms. The van der Waals surface area contributed by atoms with Crippen LogP contribution in [0.4, 0.5) is 32.0 Å². The van der Waals surface area contributed by atoms with Crippen LogP contribution in [0.25, 0.3) is 0 Å². The highest BCUT2D eigenvalue weighted by Gasteiger charge is 2.71. The van der Waals surface area contributed by atoms with E-state index >= 15 is 0 Å². The van der Waals surface area contributed by atoms with Crippen molar-refractivity contribution in [2.75, 3.05) is 11.6 Å². The minimum absolute atomic E-state index is 0.0369. The average Bonchev–Trinajstić information content (AvgIpc) is 3.27. The van der Waals surface area contributed by atoms with E-state index in [-0.39, 0.29) is 23.5 Å². The fourth-order valence-electron chi connectivity index (χ4n) is 4.54. The van der Waals surface area contributed by atoms with Gasteiger partial charge >= 0.3 is 12.4 Å². The van der Waals surface area contributed by atoms with E-state index in [2.05, 4.69) is 5.32 Å². The Morgan fingerprint density at radius 3 is 2.05 bits per heavy atom. The van der Waals surface area contributed by atoms with Crippen molar-refractivity contribution in [1.82, 2.24) is 4.90 Å². The zero-order chi connectivity index (χ0) is 30.4. The Balaban J connectivity index is 1.65. The van der Waals surface area contributed by atoms with Crippen molar-refractivity contribution < 1.29 is 49.5 Å². The monoisotopic (exact) mass is 600 g/mol. The van der Waals surface area contributed by atoms with Gasteiger partial charge in [0.05, 0.1) is 11.3 Å². The maximum atomic E-state index is 13.4. The number of carbonyl (C=O) groups excluding carboxylic acids is 2. The molecule has 0 saturated carbocycles. The van der Waals surface area contributed by atoms with Crippen molar-refractivity contribution in [3.8, 4) is 0 Å². The number of rotatable bonds is 6. The summed E-state index contributed by atoms with van der Waals surface area (Å²) in [6, 6.07) is 13.6. The number of benzene rings is 3. The summed E-state index contributed by atoms with van der Waals surface area (Å²) < 4.78 is 103.